The summed E-state index contributed by atoms with van der Waals surface area (Å²) in [5, 5.41) is 48.5. The van der Waals surface area contributed by atoms with Crippen LogP contribution < -0.4 is 9.47 Å². The number of benzene rings is 2. The summed E-state index contributed by atoms with van der Waals surface area (Å²) in [6.07, 6.45) is -3.58. The minimum absolute atomic E-state index is 0.463. The summed E-state index contributed by atoms with van der Waals surface area (Å²) < 4.78 is 17.2. The number of aromatic amines is 1. The lowest BCUT2D eigenvalue weighted by Gasteiger charge is -2.39. The van der Waals surface area contributed by atoms with E-state index >= 15 is 0 Å². The second-order valence-corrected chi connectivity index (χ2v) is 8.90. The third-order valence-corrected chi connectivity index (χ3v) is 6.67. The third-order valence-electron chi connectivity index (χ3n) is 6.67. The van der Waals surface area contributed by atoms with E-state index in [1.54, 1.807) is 0 Å². The summed E-state index contributed by atoms with van der Waals surface area (Å²) in [6, 6.07) is 10.1. The van der Waals surface area contributed by atoms with Gasteiger partial charge in [-0.05, 0) is 54.2 Å². The van der Waals surface area contributed by atoms with E-state index in [1.807, 2.05) is 25.1 Å². The van der Waals surface area contributed by atoms with Crippen LogP contribution >= 0.6 is 0 Å². The van der Waals surface area contributed by atoms with Crippen molar-refractivity contribution in [3.05, 3.63) is 52.7 Å². The van der Waals surface area contributed by atoms with E-state index < -0.39 is 37.3 Å². The molecule has 0 aliphatic carbocycles. The highest BCUT2D eigenvalue weighted by molar-refractivity contribution is 5.88. The maximum absolute atomic E-state index is 10.5. The van der Waals surface area contributed by atoms with Crippen molar-refractivity contribution in [2.45, 2.75) is 63.3 Å². The van der Waals surface area contributed by atoms with E-state index in [4.69, 9.17) is 14.2 Å². The van der Waals surface area contributed by atoms with Gasteiger partial charge in [-0.15, -0.1) is 0 Å². The molecule has 5 unspecified atom stereocenters. The average Bonchev–Trinajstić information content (AvgIpc) is 3.49. The first kappa shape index (κ1) is 23.1. The minimum Gasteiger partial charge on any atom is -0.493 e. The number of ether oxygens (including phenoxy) is 3. The fourth-order valence-electron chi connectivity index (χ4n) is 4.66. The molecular weight excluding hydrogens is 440 g/mol. The van der Waals surface area contributed by atoms with Crippen LogP contribution in [0, 0.1) is 0 Å². The number of hydrogen-bond donors (Lipinski definition) is 5. The molecule has 1 fully saturated rings. The molecule has 2 aliphatic rings. The van der Waals surface area contributed by atoms with Crippen LogP contribution in [0.25, 0.3) is 10.9 Å². The second kappa shape index (κ2) is 9.52. The molecule has 5 rings (SSSR count). The highest BCUT2D eigenvalue weighted by Gasteiger charge is 2.45. The smallest absolute Gasteiger partial charge is 0.229 e. The predicted octanol–water partition coefficient (Wildman–Crippen LogP) is 1.02. The number of aryl methyl sites for hydroxylation is 3. The maximum atomic E-state index is 10.5. The molecule has 3 aromatic rings. The highest BCUT2D eigenvalue weighted by Crippen LogP contribution is 2.34. The number of fused-ring (bicyclic) bond motifs is 2. The van der Waals surface area contributed by atoms with Crippen molar-refractivity contribution in [2.24, 2.45) is 0 Å². The summed E-state index contributed by atoms with van der Waals surface area (Å²) in [6.45, 7) is 2.23. The number of hydrogen-bond acceptors (Lipinski definition) is 8. The summed E-state index contributed by atoms with van der Waals surface area (Å²) in [7, 11) is 0. The Bertz CT molecular complexity index is 1160. The van der Waals surface area contributed by atoms with Gasteiger partial charge in [0.25, 0.3) is 0 Å². The molecule has 34 heavy (non-hydrogen) atoms. The van der Waals surface area contributed by atoms with Gasteiger partial charge in [0.15, 0.2) is 0 Å². The van der Waals surface area contributed by atoms with Crippen molar-refractivity contribution in [1.82, 2.24) is 10.2 Å². The summed E-state index contributed by atoms with van der Waals surface area (Å²) >= 11 is 0. The van der Waals surface area contributed by atoms with Crippen LogP contribution in [-0.2, 0) is 30.4 Å². The molecule has 5 N–H and O–H groups in total. The first-order valence-corrected chi connectivity index (χ1v) is 11.7. The van der Waals surface area contributed by atoms with Crippen LogP contribution in [0.1, 0.15) is 29.3 Å². The Balaban J connectivity index is 1.42. The monoisotopic (exact) mass is 470 g/mol. The number of aromatic nitrogens is 2. The average molecular weight is 471 g/mol. The van der Waals surface area contributed by atoms with E-state index in [0.717, 1.165) is 53.8 Å². The number of nitrogens with zero attached hydrogens (tertiary/aromatic N) is 1. The van der Waals surface area contributed by atoms with Crippen molar-refractivity contribution >= 4 is 10.9 Å². The molecule has 5 atom stereocenters. The van der Waals surface area contributed by atoms with Gasteiger partial charge in [0.1, 0.15) is 35.9 Å². The number of aliphatic hydroxyl groups is 4. The van der Waals surface area contributed by atoms with Gasteiger partial charge >= 0.3 is 0 Å². The molecule has 0 radical (unpaired) electrons. The molecule has 2 aliphatic heterocycles. The molecular formula is C25H30N2O7. The zero-order valence-corrected chi connectivity index (χ0v) is 19.0. The van der Waals surface area contributed by atoms with Crippen LogP contribution in [0.15, 0.2) is 30.3 Å². The lowest BCUT2D eigenvalue weighted by Crippen LogP contribution is -2.60. The number of rotatable bonds is 7. The van der Waals surface area contributed by atoms with Crippen molar-refractivity contribution in [2.75, 3.05) is 13.2 Å². The molecule has 0 saturated carbocycles. The van der Waals surface area contributed by atoms with Gasteiger partial charge in [-0.2, -0.15) is 5.10 Å². The largest absolute Gasteiger partial charge is 0.493 e. The molecule has 0 spiro atoms. The number of H-pyrrole nitrogens is 1. The van der Waals surface area contributed by atoms with E-state index in [0.29, 0.717) is 12.2 Å². The van der Waals surface area contributed by atoms with Gasteiger partial charge in [-0.25, -0.2) is 0 Å². The van der Waals surface area contributed by atoms with Crippen molar-refractivity contribution in [3.63, 3.8) is 0 Å². The van der Waals surface area contributed by atoms with Gasteiger partial charge in [0, 0.05) is 12.1 Å². The molecule has 1 saturated heterocycles. The van der Waals surface area contributed by atoms with Crippen LogP contribution in [-0.4, -0.2) is 74.5 Å². The Morgan fingerprint density at radius 3 is 2.71 bits per heavy atom. The normalized spacial score (nSPS) is 26.4. The molecule has 2 aromatic carbocycles. The van der Waals surface area contributed by atoms with E-state index in [1.165, 1.54) is 11.1 Å². The van der Waals surface area contributed by atoms with Crippen LogP contribution in [0.4, 0.5) is 0 Å². The number of aliphatic hydroxyl groups excluding tert-OH is 4. The standard InChI is InChI=1S/C25H30N2O7/c1-2-13-10-17-21(19(11-13)33-25-24(31)23(30)22(29)20(12-28)34-25)16(26-27-17)5-3-14-4-6-18-15(9-14)7-8-32-18/h4,6,9-11,20,22-25,28-31H,2-3,5,7-8,12H2,1H3,(H,26,27). The Morgan fingerprint density at radius 1 is 1.06 bits per heavy atom. The fourth-order valence-corrected chi connectivity index (χ4v) is 4.66. The first-order chi connectivity index (χ1) is 16.5. The Labute approximate surface area is 196 Å². The van der Waals surface area contributed by atoms with Crippen LogP contribution in [0.5, 0.6) is 11.5 Å². The lowest BCUT2D eigenvalue weighted by atomic mass is 9.99. The molecule has 0 bridgehead atoms. The van der Waals surface area contributed by atoms with E-state index in [-0.39, 0.29) is 0 Å². The summed E-state index contributed by atoms with van der Waals surface area (Å²) in [4.78, 5) is 0. The summed E-state index contributed by atoms with van der Waals surface area (Å²) in [5.41, 5.74) is 5.04. The van der Waals surface area contributed by atoms with Gasteiger partial charge in [0.2, 0.25) is 6.29 Å². The van der Waals surface area contributed by atoms with Crippen LogP contribution in [0.3, 0.4) is 0 Å². The maximum Gasteiger partial charge on any atom is 0.229 e. The van der Waals surface area contributed by atoms with E-state index in [9.17, 15) is 20.4 Å². The van der Waals surface area contributed by atoms with Gasteiger partial charge < -0.3 is 34.6 Å². The molecule has 0 amide bonds. The Kier molecular flexibility index (Phi) is 6.46. The van der Waals surface area contributed by atoms with Gasteiger partial charge in [-0.3, -0.25) is 5.10 Å². The zero-order chi connectivity index (χ0) is 23.8. The highest BCUT2D eigenvalue weighted by atomic mass is 16.7. The topological polar surface area (TPSA) is 137 Å². The Hall–Kier alpha value is -2.69. The van der Waals surface area contributed by atoms with Gasteiger partial charge in [0.05, 0.1) is 24.1 Å². The SMILES string of the molecule is CCc1cc(OC2OC(CO)C(O)C(O)C2O)c2c(CCc3ccc4c(c3)CCO4)[nH]nc2c1. The fraction of sp³-hybridized carbons (Fsp3) is 0.480. The molecule has 9 nitrogen and oxygen atoms in total. The lowest BCUT2D eigenvalue weighted by molar-refractivity contribution is -0.277. The van der Waals surface area contributed by atoms with Crippen molar-refractivity contribution in [3.8, 4) is 11.5 Å². The van der Waals surface area contributed by atoms with Crippen molar-refractivity contribution in [1.29, 1.82) is 0 Å². The minimum atomic E-state index is -1.51. The van der Waals surface area contributed by atoms with Crippen molar-refractivity contribution < 1.29 is 34.6 Å². The number of nitrogens with one attached hydrogen (secondary N) is 1. The molecule has 182 valence electrons. The second-order valence-electron chi connectivity index (χ2n) is 8.90. The van der Waals surface area contributed by atoms with E-state index in [2.05, 4.69) is 22.3 Å². The molecule has 9 heteroatoms. The molecule has 3 heterocycles. The summed E-state index contributed by atoms with van der Waals surface area (Å²) in [5.74, 6) is 1.42. The van der Waals surface area contributed by atoms with Crippen LogP contribution in [0.2, 0.25) is 0 Å². The Morgan fingerprint density at radius 2 is 1.91 bits per heavy atom. The third kappa shape index (κ3) is 4.25. The predicted molar refractivity (Wildman–Crippen MR) is 123 cm³/mol. The quantitative estimate of drug-likeness (QED) is 0.345. The first-order valence-electron chi connectivity index (χ1n) is 11.7. The zero-order valence-electron chi connectivity index (χ0n) is 19.0. The van der Waals surface area contributed by atoms with Gasteiger partial charge in [-0.1, -0.05) is 19.1 Å². The molecule has 1 aromatic heterocycles.